The van der Waals surface area contributed by atoms with E-state index in [9.17, 15) is 57.1 Å². The SMILES string of the molecule is FC(F)=C(N1C(F)(F)C(F)(F)OC(F)(F)C1(F)F)C(F)(F)F. The monoisotopic (exact) mass is 361 g/mol. The molecule has 0 saturated carbocycles. The van der Waals surface area contributed by atoms with E-state index in [2.05, 4.69) is 0 Å². The van der Waals surface area contributed by atoms with Gasteiger partial charge in [0.1, 0.15) is 0 Å². The van der Waals surface area contributed by atoms with Crippen molar-refractivity contribution < 1.29 is 61.8 Å². The molecule has 0 aromatic heterocycles. The Morgan fingerprint density at radius 3 is 1.27 bits per heavy atom. The van der Waals surface area contributed by atoms with Crippen LogP contribution < -0.4 is 0 Å². The lowest BCUT2D eigenvalue weighted by Gasteiger charge is -2.48. The molecule has 0 spiro atoms. The third kappa shape index (κ3) is 2.44. The lowest BCUT2D eigenvalue weighted by Crippen LogP contribution is -2.74. The molecule has 1 fully saturated rings. The Morgan fingerprint density at radius 2 is 1.05 bits per heavy atom. The van der Waals surface area contributed by atoms with Gasteiger partial charge in [-0.05, 0) is 0 Å². The van der Waals surface area contributed by atoms with Crippen molar-refractivity contribution in [2.45, 2.75) is 30.5 Å². The van der Waals surface area contributed by atoms with Crippen LogP contribution in [0.1, 0.15) is 0 Å². The van der Waals surface area contributed by atoms with E-state index in [1.807, 2.05) is 4.74 Å². The summed E-state index contributed by atoms with van der Waals surface area (Å²) in [7, 11) is 0. The van der Waals surface area contributed by atoms with Gasteiger partial charge in [0.2, 0.25) is 0 Å². The maximum Gasteiger partial charge on any atom is 0.445 e. The molecule has 0 aliphatic carbocycles. The van der Waals surface area contributed by atoms with E-state index in [1.165, 1.54) is 0 Å². The van der Waals surface area contributed by atoms with Gasteiger partial charge in [-0.2, -0.15) is 57.1 Å². The van der Waals surface area contributed by atoms with E-state index >= 15 is 0 Å². The van der Waals surface area contributed by atoms with E-state index in [-0.39, 0.29) is 0 Å². The summed E-state index contributed by atoms with van der Waals surface area (Å²) in [6, 6.07) is -13.7. The summed E-state index contributed by atoms with van der Waals surface area (Å²) in [5.41, 5.74) is -4.36. The molecule has 0 amide bonds. The second kappa shape index (κ2) is 4.55. The molecular weight excluding hydrogens is 361 g/mol. The fourth-order valence-electron chi connectivity index (χ4n) is 1.32. The topological polar surface area (TPSA) is 12.5 Å². The predicted octanol–water partition coefficient (Wildman–Crippen LogP) is 4.36. The molecule has 0 atom stereocenters. The zero-order chi connectivity index (χ0) is 17.9. The smallest absolute Gasteiger partial charge is 0.242 e. The van der Waals surface area contributed by atoms with Crippen molar-refractivity contribution in [3.05, 3.63) is 11.8 Å². The van der Waals surface area contributed by atoms with Crippen LogP contribution >= 0.6 is 0 Å². The molecule has 1 rings (SSSR count). The van der Waals surface area contributed by atoms with Crippen LogP contribution in [-0.4, -0.2) is 35.4 Å². The lowest BCUT2D eigenvalue weighted by molar-refractivity contribution is -0.560. The van der Waals surface area contributed by atoms with Crippen LogP contribution in [0.15, 0.2) is 11.8 Å². The fourth-order valence-corrected chi connectivity index (χ4v) is 1.32. The van der Waals surface area contributed by atoms with Gasteiger partial charge >= 0.3 is 30.5 Å². The average Bonchev–Trinajstić information content (AvgIpc) is 2.18. The molecule has 2 nitrogen and oxygen atoms in total. The van der Waals surface area contributed by atoms with Crippen molar-refractivity contribution in [3.63, 3.8) is 0 Å². The summed E-state index contributed by atoms with van der Waals surface area (Å²) in [5, 5.41) is 0. The second-order valence-electron chi connectivity index (χ2n) is 3.66. The Morgan fingerprint density at radius 1 is 0.727 bits per heavy atom. The lowest BCUT2D eigenvalue weighted by atomic mass is 10.2. The van der Waals surface area contributed by atoms with Crippen molar-refractivity contribution in [2.24, 2.45) is 0 Å². The maximum atomic E-state index is 13.0. The summed E-state index contributed by atoms with van der Waals surface area (Å²) in [6.45, 7) is 0. The minimum absolute atomic E-state index is 1.82. The Labute approximate surface area is 110 Å². The van der Waals surface area contributed by atoms with Crippen LogP contribution in [0.5, 0.6) is 0 Å². The Hall–Kier alpha value is -1.41. The molecule has 0 N–H and O–H groups in total. The zero-order valence-electron chi connectivity index (χ0n) is 9.27. The molecule has 1 aliphatic rings. The van der Waals surface area contributed by atoms with Gasteiger partial charge in [-0.3, -0.25) is 0 Å². The normalized spacial score (nSPS) is 25.8. The van der Waals surface area contributed by atoms with Gasteiger partial charge in [-0.15, -0.1) is 0 Å². The molecule has 15 heteroatoms. The van der Waals surface area contributed by atoms with E-state index in [4.69, 9.17) is 0 Å². The standard InChI is InChI=1S/C7F13NO/c8-2(9)1(3(10,11)12)21-4(13,14)6(17,18)22-7(19,20)5(21,15)16. The first kappa shape index (κ1) is 18.6. The van der Waals surface area contributed by atoms with E-state index in [0.29, 0.717) is 0 Å². The molecule has 0 aromatic rings. The molecule has 130 valence electrons. The number of rotatable bonds is 1. The molecule has 1 saturated heterocycles. The van der Waals surface area contributed by atoms with E-state index < -0.39 is 47.2 Å². The molecule has 0 bridgehead atoms. The van der Waals surface area contributed by atoms with Gasteiger partial charge in [-0.25, -0.2) is 9.64 Å². The van der Waals surface area contributed by atoms with Gasteiger partial charge in [0, 0.05) is 0 Å². The van der Waals surface area contributed by atoms with Crippen LogP contribution in [0.25, 0.3) is 0 Å². The summed E-state index contributed by atoms with van der Waals surface area (Å²) >= 11 is 0. The summed E-state index contributed by atoms with van der Waals surface area (Å²) < 4.78 is 165. The van der Waals surface area contributed by atoms with Crippen molar-refractivity contribution in [3.8, 4) is 0 Å². The Balaban J connectivity index is 3.74. The van der Waals surface area contributed by atoms with Gasteiger partial charge in [0.15, 0.2) is 5.70 Å². The van der Waals surface area contributed by atoms with E-state index in [0.717, 1.165) is 0 Å². The highest BCUT2D eigenvalue weighted by Gasteiger charge is 2.84. The van der Waals surface area contributed by atoms with Gasteiger partial charge in [0.25, 0.3) is 6.08 Å². The minimum Gasteiger partial charge on any atom is -0.242 e. The minimum atomic E-state index is -6.87. The highest BCUT2D eigenvalue weighted by atomic mass is 19.4. The van der Waals surface area contributed by atoms with Crippen LogP contribution in [0.2, 0.25) is 0 Å². The first-order valence-corrected chi connectivity index (χ1v) is 4.54. The largest absolute Gasteiger partial charge is 0.445 e. The predicted molar refractivity (Wildman–Crippen MR) is 38.0 cm³/mol. The molecular formula is C7F13NO. The van der Waals surface area contributed by atoms with Crippen LogP contribution in [0.3, 0.4) is 0 Å². The van der Waals surface area contributed by atoms with Crippen molar-refractivity contribution in [1.82, 2.24) is 4.90 Å². The number of hydrogen-bond acceptors (Lipinski definition) is 2. The molecule has 0 unspecified atom stereocenters. The molecule has 1 aliphatic heterocycles. The van der Waals surface area contributed by atoms with Crippen LogP contribution in [0, 0.1) is 0 Å². The third-order valence-electron chi connectivity index (χ3n) is 2.19. The molecule has 1 heterocycles. The fraction of sp³-hybridized carbons (Fsp3) is 0.714. The van der Waals surface area contributed by atoms with Crippen molar-refractivity contribution in [1.29, 1.82) is 0 Å². The van der Waals surface area contributed by atoms with Crippen LogP contribution in [0.4, 0.5) is 57.1 Å². The van der Waals surface area contributed by atoms with Crippen molar-refractivity contribution >= 4 is 0 Å². The number of ether oxygens (including phenoxy) is 1. The summed E-state index contributed by atoms with van der Waals surface area (Å²) in [6.07, 6.45) is -24.4. The molecule has 0 aromatic carbocycles. The quantitative estimate of drug-likeness (QED) is 0.508. The number of morpholine rings is 1. The summed E-state index contributed by atoms with van der Waals surface area (Å²) in [4.78, 5) is -3.39. The first-order chi connectivity index (χ1) is 9.39. The van der Waals surface area contributed by atoms with Crippen molar-refractivity contribution in [2.75, 3.05) is 0 Å². The molecule has 0 radical (unpaired) electrons. The summed E-state index contributed by atoms with van der Waals surface area (Å²) in [5.74, 6) is 0. The number of hydrogen-bond donors (Lipinski definition) is 0. The highest BCUT2D eigenvalue weighted by molar-refractivity contribution is 5.16. The van der Waals surface area contributed by atoms with Gasteiger partial charge in [-0.1, -0.05) is 0 Å². The second-order valence-corrected chi connectivity index (χ2v) is 3.66. The van der Waals surface area contributed by atoms with Gasteiger partial charge in [0.05, 0.1) is 0 Å². The first-order valence-electron chi connectivity index (χ1n) is 4.54. The number of alkyl halides is 11. The number of halogens is 13. The third-order valence-corrected chi connectivity index (χ3v) is 2.19. The molecule has 22 heavy (non-hydrogen) atoms. The highest BCUT2D eigenvalue weighted by Crippen LogP contribution is 2.59. The zero-order valence-corrected chi connectivity index (χ0v) is 9.27. The Bertz CT molecular complexity index is 461. The Kier molecular flexibility index (Phi) is 3.85. The average molecular weight is 361 g/mol. The van der Waals surface area contributed by atoms with Crippen LogP contribution in [-0.2, 0) is 4.74 Å². The maximum absolute atomic E-state index is 13.0. The number of allylic oxidation sites excluding steroid dienone is 1. The number of nitrogens with zero attached hydrogens (tertiary/aromatic N) is 1. The van der Waals surface area contributed by atoms with E-state index in [1.54, 1.807) is 0 Å². The van der Waals surface area contributed by atoms with Gasteiger partial charge < -0.3 is 0 Å².